The van der Waals surface area contributed by atoms with Gasteiger partial charge in [0.2, 0.25) is 5.91 Å². The predicted octanol–water partition coefficient (Wildman–Crippen LogP) is 1.14. The van der Waals surface area contributed by atoms with E-state index in [0.29, 0.717) is 31.6 Å². The standard InChI is InChI=1S/C18H32N2O4/c1-2-15-12-20(13-17(15)19-6-10-22-11-7-19)18(21)5-9-23-14-16-4-3-8-24-16/h15-17H,2-14H2,1H3/t15-,16+,17-/m1/s1. The Kier molecular flexibility index (Phi) is 6.89. The molecule has 1 amide bonds. The minimum atomic E-state index is 0.233. The molecule has 6 nitrogen and oxygen atoms in total. The molecule has 24 heavy (non-hydrogen) atoms. The molecule has 138 valence electrons. The number of likely N-dealkylation sites (tertiary alicyclic amines) is 1. The fraction of sp³-hybridized carbons (Fsp3) is 0.944. The number of rotatable bonds is 7. The Balaban J connectivity index is 1.39. The molecule has 0 aromatic rings. The number of hydrogen-bond acceptors (Lipinski definition) is 5. The molecule has 0 aromatic heterocycles. The van der Waals surface area contributed by atoms with Gasteiger partial charge in [0.05, 0.1) is 39.0 Å². The molecule has 0 radical (unpaired) electrons. The van der Waals surface area contributed by atoms with Crippen molar-refractivity contribution in [2.75, 3.05) is 59.2 Å². The summed E-state index contributed by atoms with van der Waals surface area (Å²) < 4.78 is 16.6. The fourth-order valence-corrected chi connectivity index (χ4v) is 4.09. The summed E-state index contributed by atoms with van der Waals surface area (Å²) in [7, 11) is 0. The maximum absolute atomic E-state index is 12.5. The van der Waals surface area contributed by atoms with Gasteiger partial charge in [0, 0.05) is 38.8 Å². The van der Waals surface area contributed by atoms with Crippen LogP contribution in [-0.2, 0) is 19.0 Å². The smallest absolute Gasteiger partial charge is 0.224 e. The molecule has 3 aliphatic heterocycles. The Bertz CT molecular complexity index is 394. The Morgan fingerprint density at radius 2 is 2.04 bits per heavy atom. The van der Waals surface area contributed by atoms with Crippen LogP contribution < -0.4 is 0 Å². The second-order valence-corrected chi connectivity index (χ2v) is 7.14. The zero-order valence-electron chi connectivity index (χ0n) is 15.0. The molecule has 0 aliphatic carbocycles. The summed E-state index contributed by atoms with van der Waals surface area (Å²) in [4.78, 5) is 17.1. The summed E-state index contributed by atoms with van der Waals surface area (Å²) in [6.07, 6.45) is 4.06. The van der Waals surface area contributed by atoms with Gasteiger partial charge in [-0.2, -0.15) is 0 Å². The molecule has 0 unspecified atom stereocenters. The van der Waals surface area contributed by atoms with E-state index >= 15 is 0 Å². The summed E-state index contributed by atoms with van der Waals surface area (Å²) in [5.74, 6) is 0.816. The van der Waals surface area contributed by atoms with Crippen LogP contribution in [0.2, 0.25) is 0 Å². The minimum Gasteiger partial charge on any atom is -0.379 e. The van der Waals surface area contributed by atoms with Crippen molar-refractivity contribution in [3.05, 3.63) is 0 Å². The van der Waals surface area contributed by atoms with Crippen LogP contribution in [0.4, 0.5) is 0 Å². The van der Waals surface area contributed by atoms with Crippen LogP contribution in [0.3, 0.4) is 0 Å². The van der Waals surface area contributed by atoms with E-state index in [1.54, 1.807) is 0 Å². The average molecular weight is 340 g/mol. The highest BCUT2D eigenvalue weighted by molar-refractivity contribution is 5.76. The molecule has 0 aromatic carbocycles. The lowest BCUT2D eigenvalue weighted by Crippen LogP contribution is -2.47. The zero-order chi connectivity index (χ0) is 16.8. The van der Waals surface area contributed by atoms with E-state index in [0.717, 1.165) is 65.3 Å². The molecule has 0 saturated carbocycles. The Hall–Kier alpha value is -0.690. The van der Waals surface area contributed by atoms with E-state index in [-0.39, 0.29) is 12.0 Å². The Labute approximate surface area is 145 Å². The summed E-state index contributed by atoms with van der Waals surface area (Å²) in [5.41, 5.74) is 0. The largest absolute Gasteiger partial charge is 0.379 e. The summed E-state index contributed by atoms with van der Waals surface area (Å²) in [5, 5.41) is 0. The number of amides is 1. The molecular formula is C18H32N2O4. The van der Waals surface area contributed by atoms with Gasteiger partial charge in [-0.3, -0.25) is 9.69 Å². The number of hydrogen-bond donors (Lipinski definition) is 0. The van der Waals surface area contributed by atoms with Gasteiger partial charge in [-0.1, -0.05) is 13.3 Å². The molecule has 3 atom stereocenters. The summed E-state index contributed by atoms with van der Waals surface area (Å²) in [6.45, 7) is 9.60. The second-order valence-electron chi connectivity index (χ2n) is 7.14. The summed E-state index contributed by atoms with van der Waals surface area (Å²) >= 11 is 0. The second kappa shape index (κ2) is 9.13. The number of ether oxygens (including phenoxy) is 3. The zero-order valence-corrected chi connectivity index (χ0v) is 15.0. The van der Waals surface area contributed by atoms with Gasteiger partial charge in [0.15, 0.2) is 0 Å². The molecule has 3 aliphatic rings. The first kappa shape index (κ1) is 18.1. The molecule has 0 spiro atoms. The highest BCUT2D eigenvalue weighted by atomic mass is 16.5. The quantitative estimate of drug-likeness (QED) is 0.651. The van der Waals surface area contributed by atoms with E-state index in [9.17, 15) is 4.79 Å². The van der Waals surface area contributed by atoms with Crippen molar-refractivity contribution in [3.63, 3.8) is 0 Å². The Morgan fingerprint density at radius 3 is 2.75 bits per heavy atom. The number of nitrogens with zero attached hydrogens (tertiary/aromatic N) is 2. The van der Waals surface area contributed by atoms with Crippen LogP contribution in [-0.4, -0.2) is 87.1 Å². The van der Waals surface area contributed by atoms with E-state index in [1.807, 2.05) is 4.90 Å². The van der Waals surface area contributed by atoms with E-state index in [4.69, 9.17) is 14.2 Å². The van der Waals surface area contributed by atoms with E-state index < -0.39 is 0 Å². The monoisotopic (exact) mass is 340 g/mol. The molecule has 3 rings (SSSR count). The molecule has 3 heterocycles. The van der Waals surface area contributed by atoms with Crippen molar-refractivity contribution >= 4 is 5.91 Å². The number of carbonyl (C=O) groups is 1. The van der Waals surface area contributed by atoms with Crippen molar-refractivity contribution in [1.29, 1.82) is 0 Å². The third kappa shape index (κ3) is 4.69. The van der Waals surface area contributed by atoms with Gasteiger partial charge in [0.1, 0.15) is 0 Å². The van der Waals surface area contributed by atoms with Crippen molar-refractivity contribution in [3.8, 4) is 0 Å². The Morgan fingerprint density at radius 1 is 1.21 bits per heavy atom. The van der Waals surface area contributed by atoms with Crippen LogP contribution in [0.1, 0.15) is 32.6 Å². The topological polar surface area (TPSA) is 51.2 Å². The molecular weight excluding hydrogens is 308 g/mol. The molecule has 3 saturated heterocycles. The first-order chi connectivity index (χ1) is 11.8. The van der Waals surface area contributed by atoms with Crippen LogP contribution in [0.15, 0.2) is 0 Å². The van der Waals surface area contributed by atoms with Crippen molar-refractivity contribution in [2.24, 2.45) is 5.92 Å². The molecule has 3 fully saturated rings. The molecule has 0 bridgehead atoms. The lowest BCUT2D eigenvalue weighted by atomic mass is 9.99. The normalized spacial score (nSPS) is 31.7. The van der Waals surface area contributed by atoms with Crippen LogP contribution in [0.25, 0.3) is 0 Å². The van der Waals surface area contributed by atoms with Crippen LogP contribution >= 0.6 is 0 Å². The van der Waals surface area contributed by atoms with Crippen molar-refractivity contribution in [1.82, 2.24) is 9.80 Å². The van der Waals surface area contributed by atoms with Gasteiger partial charge >= 0.3 is 0 Å². The van der Waals surface area contributed by atoms with E-state index in [1.165, 1.54) is 0 Å². The van der Waals surface area contributed by atoms with Crippen LogP contribution in [0.5, 0.6) is 0 Å². The third-order valence-corrected chi connectivity index (χ3v) is 5.59. The van der Waals surface area contributed by atoms with Gasteiger partial charge < -0.3 is 19.1 Å². The average Bonchev–Trinajstić information content (AvgIpc) is 3.28. The van der Waals surface area contributed by atoms with Gasteiger partial charge in [0.25, 0.3) is 0 Å². The highest BCUT2D eigenvalue weighted by Crippen LogP contribution is 2.26. The molecule has 0 N–H and O–H groups in total. The van der Waals surface area contributed by atoms with Crippen LogP contribution in [0, 0.1) is 5.92 Å². The van der Waals surface area contributed by atoms with E-state index in [2.05, 4.69) is 11.8 Å². The lowest BCUT2D eigenvalue weighted by Gasteiger charge is -2.34. The highest BCUT2D eigenvalue weighted by Gasteiger charge is 2.37. The summed E-state index contributed by atoms with van der Waals surface area (Å²) in [6, 6.07) is 0.496. The third-order valence-electron chi connectivity index (χ3n) is 5.59. The van der Waals surface area contributed by atoms with Crippen molar-refractivity contribution < 1.29 is 19.0 Å². The minimum absolute atomic E-state index is 0.233. The number of carbonyl (C=O) groups excluding carboxylic acids is 1. The van der Waals surface area contributed by atoms with Crippen molar-refractivity contribution in [2.45, 2.75) is 44.8 Å². The lowest BCUT2D eigenvalue weighted by molar-refractivity contribution is -0.131. The maximum Gasteiger partial charge on any atom is 0.224 e. The first-order valence-corrected chi connectivity index (χ1v) is 9.57. The SMILES string of the molecule is CC[C@@H]1CN(C(=O)CCOC[C@@H]2CCCO2)C[C@H]1N1CCOCC1. The van der Waals surface area contributed by atoms with Gasteiger partial charge in [-0.15, -0.1) is 0 Å². The predicted molar refractivity (Wildman–Crippen MR) is 91.0 cm³/mol. The van der Waals surface area contributed by atoms with Gasteiger partial charge in [-0.05, 0) is 18.8 Å². The fourth-order valence-electron chi connectivity index (χ4n) is 4.09. The molecule has 6 heteroatoms. The maximum atomic E-state index is 12.5. The number of morpholine rings is 1. The first-order valence-electron chi connectivity index (χ1n) is 9.57. The van der Waals surface area contributed by atoms with Gasteiger partial charge in [-0.25, -0.2) is 0 Å².